The van der Waals surface area contributed by atoms with E-state index in [0.29, 0.717) is 18.1 Å². The van der Waals surface area contributed by atoms with Gasteiger partial charge in [0.05, 0.1) is 17.5 Å². The van der Waals surface area contributed by atoms with Crippen LogP contribution < -0.4 is 11.3 Å². The van der Waals surface area contributed by atoms with E-state index in [4.69, 9.17) is 10.6 Å². The molecule has 1 atom stereocenters. The normalized spacial score (nSPS) is 13.6. The van der Waals surface area contributed by atoms with Crippen molar-refractivity contribution in [3.05, 3.63) is 29.8 Å². The highest BCUT2D eigenvalue weighted by molar-refractivity contribution is 7.90. The molecule has 1 unspecified atom stereocenters. The van der Waals surface area contributed by atoms with Gasteiger partial charge in [-0.2, -0.15) is 0 Å². The third-order valence-corrected chi connectivity index (χ3v) is 3.53. The van der Waals surface area contributed by atoms with Gasteiger partial charge in [0, 0.05) is 12.9 Å². The van der Waals surface area contributed by atoms with Gasteiger partial charge in [-0.15, -0.1) is 0 Å². The monoisotopic (exact) mass is 258 g/mol. The zero-order chi connectivity index (χ0) is 12.9. The van der Waals surface area contributed by atoms with Crippen molar-refractivity contribution >= 4 is 9.84 Å². The first-order chi connectivity index (χ1) is 7.99. The molecule has 0 aliphatic heterocycles. The average molecular weight is 258 g/mol. The van der Waals surface area contributed by atoms with E-state index in [1.54, 1.807) is 24.3 Å². The molecular formula is C11H18N2O3S. The van der Waals surface area contributed by atoms with Gasteiger partial charge in [0.2, 0.25) is 0 Å². The lowest BCUT2D eigenvalue weighted by Crippen LogP contribution is -2.31. The second-order valence-corrected chi connectivity index (χ2v) is 5.74. The van der Waals surface area contributed by atoms with Crippen LogP contribution in [0.3, 0.4) is 0 Å². The van der Waals surface area contributed by atoms with E-state index in [2.05, 4.69) is 5.43 Å². The van der Waals surface area contributed by atoms with Gasteiger partial charge in [0.25, 0.3) is 0 Å². The minimum Gasteiger partial charge on any atom is -0.380 e. The molecule has 0 bridgehead atoms. The molecule has 1 rings (SSSR count). The van der Waals surface area contributed by atoms with E-state index in [9.17, 15) is 8.42 Å². The lowest BCUT2D eigenvalue weighted by molar-refractivity contribution is 0.123. The zero-order valence-electron chi connectivity index (χ0n) is 10.0. The minimum absolute atomic E-state index is 0.136. The van der Waals surface area contributed by atoms with Crippen molar-refractivity contribution in [2.24, 2.45) is 5.84 Å². The Labute approximate surface area is 102 Å². The number of nitrogens with two attached hydrogens (primary N) is 1. The predicted molar refractivity (Wildman–Crippen MR) is 66.1 cm³/mol. The molecule has 6 heteroatoms. The molecule has 3 N–H and O–H groups in total. The zero-order valence-corrected chi connectivity index (χ0v) is 10.8. The van der Waals surface area contributed by atoms with Gasteiger partial charge in [-0.3, -0.25) is 11.3 Å². The fraction of sp³-hybridized carbons (Fsp3) is 0.455. The Morgan fingerprint density at radius 2 is 1.94 bits per heavy atom. The van der Waals surface area contributed by atoms with E-state index < -0.39 is 9.84 Å². The van der Waals surface area contributed by atoms with E-state index in [1.165, 1.54) is 6.26 Å². The standard InChI is InChI=1S/C11H18N2O3S/c1-3-16-8-11(13-12)9-4-6-10(7-5-9)17(2,14)15/h4-7,11,13H,3,8,12H2,1-2H3. The van der Waals surface area contributed by atoms with Crippen LogP contribution in [0.15, 0.2) is 29.2 Å². The molecule has 0 aliphatic carbocycles. The highest BCUT2D eigenvalue weighted by atomic mass is 32.2. The lowest BCUT2D eigenvalue weighted by atomic mass is 10.1. The van der Waals surface area contributed by atoms with Crippen LogP contribution in [0, 0.1) is 0 Å². The Hall–Kier alpha value is -0.950. The van der Waals surface area contributed by atoms with Crippen LogP contribution in [0.25, 0.3) is 0 Å². The van der Waals surface area contributed by atoms with Crippen molar-refractivity contribution in [1.82, 2.24) is 5.43 Å². The van der Waals surface area contributed by atoms with Crippen LogP contribution in [0.4, 0.5) is 0 Å². The van der Waals surface area contributed by atoms with Crippen LogP contribution in [-0.2, 0) is 14.6 Å². The van der Waals surface area contributed by atoms with Gasteiger partial charge in [-0.1, -0.05) is 12.1 Å². The molecule has 0 amide bonds. The molecule has 96 valence electrons. The number of hydrogen-bond donors (Lipinski definition) is 2. The topological polar surface area (TPSA) is 81.4 Å². The molecule has 0 saturated heterocycles. The summed E-state index contributed by atoms with van der Waals surface area (Å²) in [5.41, 5.74) is 3.53. The van der Waals surface area contributed by atoms with Crippen molar-refractivity contribution in [3.8, 4) is 0 Å². The molecular weight excluding hydrogens is 240 g/mol. The number of rotatable bonds is 6. The quantitative estimate of drug-likeness (QED) is 0.578. The fourth-order valence-corrected chi connectivity index (χ4v) is 2.05. The fourth-order valence-electron chi connectivity index (χ4n) is 1.42. The SMILES string of the molecule is CCOCC(NN)c1ccc(S(C)(=O)=O)cc1. The number of nitrogens with one attached hydrogen (secondary N) is 1. The summed E-state index contributed by atoms with van der Waals surface area (Å²) in [6.07, 6.45) is 1.18. The van der Waals surface area contributed by atoms with Gasteiger partial charge in [0.15, 0.2) is 9.84 Å². The first kappa shape index (κ1) is 14.1. The van der Waals surface area contributed by atoms with Gasteiger partial charge < -0.3 is 4.74 Å². The van der Waals surface area contributed by atoms with Crippen LogP contribution in [0.2, 0.25) is 0 Å². The van der Waals surface area contributed by atoms with Gasteiger partial charge >= 0.3 is 0 Å². The molecule has 1 aromatic carbocycles. The number of hydrazine groups is 1. The molecule has 0 aromatic heterocycles. The first-order valence-corrected chi connectivity index (χ1v) is 7.22. The predicted octanol–water partition coefficient (Wildman–Crippen LogP) is 0.631. The smallest absolute Gasteiger partial charge is 0.175 e. The number of benzene rings is 1. The van der Waals surface area contributed by atoms with Crippen molar-refractivity contribution in [2.45, 2.75) is 17.9 Å². The third-order valence-electron chi connectivity index (χ3n) is 2.40. The average Bonchev–Trinajstić information content (AvgIpc) is 2.29. The van der Waals surface area contributed by atoms with E-state index >= 15 is 0 Å². The number of hydrogen-bond acceptors (Lipinski definition) is 5. The Bertz CT molecular complexity index is 442. The Balaban J connectivity index is 2.85. The summed E-state index contributed by atoms with van der Waals surface area (Å²) in [7, 11) is -3.15. The van der Waals surface area contributed by atoms with Gasteiger partial charge in [0.1, 0.15) is 0 Å². The van der Waals surface area contributed by atoms with Gasteiger partial charge in [-0.25, -0.2) is 8.42 Å². The molecule has 5 nitrogen and oxygen atoms in total. The molecule has 0 saturated carbocycles. The van der Waals surface area contributed by atoms with Crippen LogP contribution in [-0.4, -0.2) is 27.9 Å². The summed E-state index contributed by atoms with van der Waals surface area (Å²) in [4.78, 5) is 0.299. The Kier molecular flexibility index (Phi) is 5.07. The second kappa shape index (κ2) is 6.11. The molecule has 0 fully saturated rings. The maximum absolute atomic E-state index is 11.3. The number of sulfone groups is 1. The number of ether oxygens (including phenoxy) is 1. The van der Waals surface area contributed by atoms with Crippen LogP contribution in [0.1, 0.15) is 18.5 Å². The van der Waals surface area contributed by atoms with E-state index in [1.807, 2.05) is 6.92 Å². The summed E-state index contributed by atoms with van der Waals surface area (Å²) in [6, 6.07) is 6.48. The van der Waals surface area contributed by atoms with Crippen molar-refractivity contribution in [2.75, 3.05) is 19.5 Å². The van der Waals surface area contributed by atoms with Crippen molar-refractivity contribution in [3.63, 3.8) is 0 Å². The van der Waals surface area contributed by atoms with E-state index in [-0.39, 0.29) is 6.04 Å². The Morgan fingerprint density at radius 1 is 1.35 bits per heavy atom. The van der Waals surface area contributed by atoms with E-state index in [0.717, 1.165) is 5.56 Å². The van der Waals surface area contributed by atoms with Crippen LogP contribution >= 0.6 is 0 Å². The summed E-state index contributed by atoms with van der Waals surface area (Å²) >= 11 is 0. The van der Waals surface area contributed by atoms with Crippen LogP contribution in [0.5, 0.6) is 0 Å². The second-order valence-electron chi connectivity index (χ2n) is 3.72. The van der Waals surface area contributed by atoms with Crippen molar-refractivity contribution < 1.29 is 13.2 Å². The summed E-state index contributed by atoms with van der Waals surface area (Å²) < 4.78 is 27.9. The maximum Gasteiger partial charge on any atom is 0.175 e. The highest BCUT2D eigenvalue weighted by Gasteiger charge is 2.11. The molecule has 0 spiro atoms. The maximum atomic E-state index is 11.3. The highest BCUT2D eigenvalue weighted by Crippen LogP contribution is 2.16. The third kappa shape index (κ3) is 4.08. The summed E-state index contributed by atoms with van der Waals surface area (Å²) in [5.74, 6) is 5.42. The Morgan fingerprint density at radius 3 is 2.35 bits per heavy atom. The molecule has 17 heavy (non-hydrogen) atoms. The largest absolute Gasteiger partial charge is 0.380 e. The van der Waals surface area contributed by atoms with Gasteiger partial charge in [-0.05, 0) is 24.6 Å². The van der Waals surface area contributed by atoms with Crippen molar-refractivity contribution in [1.29, 1.82) is 0 Å². The summed E-state index contributed by atoms with van der Waals surface area (Å²) in [5, 5.41) is 0. The molecule has 1 aromatic rings. The minimum atomic E-state index is -3.15. The first-order valence-electron chi connectivity index (χ1n) is 5.33. The summed E-state index contributed by atoms with van der Waals surface area (Å²) in [6.45, 7) is 2.96. The molecule has 0 radical (unpaired) electrons. The lowest BCUT2D eigenvalue weighted by Gasteiger charge is -2.16. The molecule has 0 heterocycles. The molecule has 0 aliphatic rings.